The van der Waals surface area contributed by atoms with Crippen molar-refractivity contribution in [2.24, 2.45) is 5.92 Å². The van der Waals surface area contributed by atoms with Crippen LogP contribution in [0.4, 0.5) is 14.9 Å². The number of carbonyl (C=O) groups excluding carboxylic acids is 3. The van der Waals surface area contributed by atoms with Crippen molar-refractivity contribution in [1.82, 2.24) is 15.1 Å². The first-order valence-electron chi connectivity index (χ1n) is 18.8. The van der Waals surface area contributed by atoms with Crippen molar-refractivity contribution in [3.8, 4) is 22.6 Å². The number of hydrogen-bond donors (Lipinski definition) is 1. The third kappa shape index (κ3) is 9.10. The number of amides is 3. The van der Waals surface area contributed by atoms with Gasteiger partial charge in [0.1, 0.15) is 22.9 Å². The van der Waals surface area contributed by atoms with Crippen LogP contribution in [0.15, 0.2) is 60.7 Å². The Labute approximate surface area is 312 Å². The summed E-state index contributed by atoms with van der Waals surface area (Å²) in [6, 6.07) is 17.5. The summed E-state index contributed by atoms with van der Waals surface area (Å²) < 4.78 is 32.7. The number of anilines is 1. The molecule has 53 heavy (non-hydrogen) atoms. The van der Waals surface area contributed by atoms with Gasteiger partial charge < -0.3 is 28.9 Å². The quantitative estimate of drug-likeness (QED) is 0.171. The molecule has 3 heterocycles. The Morgan fingerprint density at radius 1 is 0.943 bits per heavy atom. The van der Waals surface area contributed by atoms with Crippen molar-refractivity contribution in [2.75, 3.05) is 85.1 Å². The zero-order valence-corrected chi connectivity index (χ0v) is 31.7. The molecule has 284 valence electrons. The SMILES string of the molecule is CCOc1cc(CN2CCC3(CC2)CN(c2ccc(C(=O)N4CC(C(=O)NCCC[N+](C)(C)C)C4)cc2)C(=O)O3)cc(OCC)c1-c1ccc(F)cc1. The van der Waals surface area contributed by atoms with E-state index in [-0.39, 0.29) is 29.6 Å². The number of benzene rings is 3. The van der Waals surface area contributed by atoms with E-state index >= 15 is 0 Å². The molecule has 3 saturated heterocycles. The molecule has 0 atom stereocenters. The largest absolute Gasteiger partial charge is 0.493 e. The van der Waals surface area contributed by atoms with E-state index in [9.17, 15) is 18.8 Å². The van der Waals surface area contributed by atoms with Crippen LogP contribution < -0.4 is 19.7 Å². The number of ether oxygens (including phenoxy) is 3. The molecule has 3 fully saturated rings. The third-order valence-corrected chi connectivity index (χ3v) is 10.3. The third-order valence-electron chi connectivity index (χ3n) is 10.3. The molecule has 12 heteroatoms. The van der Waals surface area contributed by atoms with Gasteiger partial charge in [0.2, 0.25) is 5.91 Å². The van der Waals surface area contributed by atoms with E-state index in [1.807, 2.05) is 26.0 Å². The highest BCUT2D eigenvalue weighted by Crippen LogP contribution is 2.41. The fraction of sp³-hybridized carbons (Fsp3) is 0.488. The molecule has 3 aliphatic rings. The molecule has 3 aromatic rings. The second kappa shape index (κ2) is 16.1. The maximum Gasteiger partial charge on any atom is 0.415 e. The van der Waals surface area contributed by atoms with Crippen molar-refractivity contribution >= 4 is 23.6 Å². The lowest BCUT2D eigenvalue weighted by molar-refractivity contribution is -0.870. The fourth-order valence-corrected chi connectivity index (χ4v) is 7.32. The number of nitrogens with one attached hydrogen (secondary N) is 1. The maximum atomic E-state index is 13.7. The Balaban J connectivity index is 1.02. The van der Waals surface area contributed by atoms with Crippen molar-refractivity contribution < 1.29 is 37.5 Å². The molecule has 1 spiro atoms. The highest BCUT2D eigenvalue weighted by atomic mass is 19.1. The van der Waals surface area contributed by atoms with Gasteiger partial charge in [0.05, 0.1) is 58.9 Å². The second-order valence-corrected chi connectivity index (χ2v) is 15.4. The summed E-state index contributed by atoms with van der Waals surface area (Å²) in [6.45, 7) is 9.86. The molecule has 11 nitrogen and oxygen atoms in total. The molecule has 0 bridgehead atoms. The Bertz CT molecular complexity index is 1740. The van der Waals surface area contributed by atoms with E-state index in [0.29, 0.717) is 81.5 Å². The van der Waals surface area contributed by atoms with Crippen LogP contribution in [0.2, 0.25) is 0 Å². The average molecular weight is 731 g/mol. The first kappa shape index (κ1) is 38.1. The van der Waals surface area contributed by atoms with Gasteiger partial charge in [0.25, 0.3) is 5.91 Å². The van der Waals surface area contributed by atoms with Crippen molar-refractivity contribution in [1.29, 1.82) is 0 Å². The molecule has 0 unspecified atom stereocenters. The normalized spacial score (nSPS) is 17.4. The van der Waals surface area contributed by atoms with Gasteiger partial charge in [0, 0.05) is 69.8 Å². The van der Waals surface area contributed by atoms with Crippen LogP contribution >= 0.6 is 0 Å². The van der Waals surface area contributed by atoms with E-state index in [1.165, 1.54) is 12.1 Å². The number of nitrogens with zero attached hydrogens (tertiary/aromatic N) is 4. The molecule has 1 N–H and O–H groups in total. The van der Waals surface area contributed by atoms with Crippen molar-refractivity contribution in [3.63, 3.8) is 0 Å². The molecule has 3 aliphatic heterocycles. The monoisotopic (exact) mass is 730 g/mol. The molecule has 6 rings (SSSR count). The predicted octanol–water partition coefficient (Wildman–Crippen LogP) is 5.57. The zero-order valence-electron chi connectivity index (χ0n) is 31.7. The van der Waals surface area contributed by atoms with Gasteiger partial charge in [-0.2, -0.15) is 0 Å². The van der Waals surface area contributed by atoms with Gasteiger partial charge in [-0.15, -0.1) is 0 Å². The number of halogens is 1. The van der Waals surface area contributed by atoms with Gasteiger partial charge in [-0.3, -0.25) is 19.4 Å². The molecule has 3 aromatic carbocycles. The van der Waals surface area contributed by atoms with Crippen LogP contribution in [0.1, 0.15) is 49.0 Å². The molecular weight excluding hydrogens is 677 g/mol. The molecule has 0 aromatic heterocycles. The van der Waals surface area contributed by atoms with E-state index in [0.717, 1.165) is 47.2 Å². The standard InChI is InChI=1S/C41H52FN5O6/c1-6-51-35-23-29(24-36(52-7-2)37(35)30-9-13-33(42)14-10-30)25-44-20-17-41(18-21-44)28-46(40(50)53-41)34-15-11-31(12-16-34)39(49)45-26-32(27-45)38(48)43-19-8-22-47(3,4)5/h9-16,23-24,32H,6-8,17-22,25-28H2,1-5H3/p+1. The van der Waals surface area contributed by atoms with Crippen LogP contribution in [0, 0.1) is 11.7 Å². The Morgan fingerprint density at radius 2 is 1.57 bits per heavy atom. The Hall–Kier alpha value is -4.68. The first-order chi connectivity index (χ1) is 25.4. The number of quaternary nitrogens is 1. The number of hydrogen-bond acceptors (Lipinski definition) is 7. The topological polar surface area (TPSA) is 101 Å². The minimum Gasteiger partial charge on any atom is -0.493 e. The van der Waals surface area contributed by atoms with Crippen LogP contribution in [0.3, 0.4) is 0 Å². The van der Waals surface area contributed by atoms with Crippen LogP contribution in [0.25, 0.3) is 11.1 Å². The summed E-state index contributed by atoms with van der Waals surface area (Å²) in [6.07, 6.45) is 1.91. The van der Waals surface area contributed by atoms with E-state index in [1.54, 1.807) is 46.2 Å². The van der Waals surface area contributed by atoms with Crippen molar-refractivity contribution in [3.05, 3.63) is 77.6 Å². The Kier molecular flexibility index (Phi) is 11.6. The lowest BCUT2D eigenvalue weighted by Crippen LogP contribution is -2.55. The van der Waals surface area contributed by atoms with Gasteiger partial charge in [0.15, 0.2) is 0 Å². The van der Waals surface area contributed by atoms with Gasteiger partial charge in [-0.25, -0.2) is 9.18 Å². The number of carbonyl (C=O) groups is 3. The molecule has 0 saturated carbocycles. The smallest absolute Gasteiger partial charge is 0.415 e. The lowest BCUT2D eigenvalue weighted by atomic mass is 9.91. The molecule has 0 aliphatic carbocycles. The second-order valence-electron chi connectivity index (χ2n) is 15.4. The molecular formula is C41H53FN5O6+. The van der Waals surface area contributed by atoms with Crippen LogP contribution in [0.5, 0.6) is 11.5 Å². The summed E-state index contributed by atoms with van der Waals surface area (Å²) in [5.74, 6) is 0.789. The number of likely N-dealkylation sites (tertiary alicyclic amines) is 2. The summed E-state index contributed by atoms with van der Waals surface area (Å²) >= 11 is 0. The lowest BCUT2D eigenvalue weighted by Gasteiger charge is -2.38. The van der Waals surface area contributed by atoms with Gasteiger partial charge in [-0.05, 0) is 73.5 Å². The summed E-state index contributed by atoms with van der Waals surface area (Å²) in [4.78, 5) is 44.5. The van der Waals surface area contributed by atoms with Gasteiger partial charge >= 0.3 is 6.09 Å². The molecule has 0 radical (unpaired) electrons. The summed E-state index contributed by atoms with van der Waals surface area (Å²) in [5, 5.41) is 3.00. The number of piperidine rings is 1. The predicted molar refractivity (Wildman–Crippen MR) is 202 cm³/mol. The highest BCUT2D eigenvalue weighted by Gasteiger charge is 2.47. The van der Waals surface area contributed by atoms with Crippen molar-refractivity contribution in [2.45, 2.75) is 45.3 Å². The van der Waals surface area contributed by atoms with Crippen LogP contribution in [-0.2, 0) is 16.1 Å². The highest BCUT2D eigenvalue weighted by molar-refractivity contribution is 5.97. The van der Waals surface area contributed by atoms with Gasteiger partial charge in [-0.1, -0.05) is 12.1 Å². The fourth-order valence-electron chi connectivity index (χ4n) is 7.32. The summed E-state index contributed by atoms with van der Waals surface area (Å²) in [5.41, 5.74) is 3.31. The number of rotatable bonds is 14. The summed E-state index contributed by atoms with van der Waals surface area (Å²) in [7, 11) is 6.38. The zero-order chi connectivity index (χ0) is 37.8. The minimum atomic E-state index is -0.583. The minimum absolute atomic E-state index is 0.00158. The van der Waals surface area contributed by atoms with E-state index in [2.05, 4.69) is 31.4 Å². The van der Waals surface area contributed by atoms with E-state index in [4.69, 9.17) is 14.2 Å². The maximum absolute atomic E-state index is 13.7. The van der Waals surface area contributed by atoms with E-state index < -0.39 is 5.60 Å². The molecule has 3 amide bonds. The Morgan fingerprint density at radius 3 is 2.15 bits per heavy atom. The first-order valence-corrected chi connectivity index (χ1v) is 18.8. The van der Waals surface area contributed by atoms with Crippen LogP contribution in [-0.4, -0.2) is 118 Å². The average Bonchev–Trinajstić information content (AvgIpc) is 3.42.